The molecule has 5 nitrogen and oxygen atoms in total. The number of nitrogens with zero attached hydrogens (tertiary/aromatic N) is 4. The first-order valence-corrected chi connectivity index (χ1v) is 7.42. The van der Waals surface area contributed by atoms with Crippen molar-refractivity contribution in [2.45, 2.75) is 5.88 Å². The molecular weight excluding hydrogens is 295 g/mol. The number of hydrogen-bond donors (Lipinski definition) is 0. The van der Waals surface area contributed by atoms with Crippen LogP contribution >= 0.6 is 11.6 Å². The topological polar surface area (TPSA) is 33.5 Å². The Morgan fingerprint density at radius 3 is 2.62 bits per heavy atom. The molecular formula is C14H18ClFN4O. The van der Waals surface area contributed by atoms with Gasteiger partial charge in [0.05, 0.1) is 24.0 Å². The van der Waals surface area contributed by atoms with Gasteiger partial charge < -0.3 is 14.6 Å². The number of alkyl halides is 1. The van der Waals surface area contributed by atoms with Crippen LogP contribution in [0.1, 0.15) is 5.82 Å². The summed E-state index contributed by atoms with van der Waals surface area (Å²) in [5.74, 6) is 0.822. The maximum atomic E-state index is 13.8. The fourth-order valence-corrected chi connectivity index (χ4v) is 2.84. The highest BCUT2D eigenvalue weighted by atomic mass is 35.5. The fourth-order valence-electron chi connectivity index (χ4n) is 2.67. The number of benzene rings is 1. The third-order valence-corrected chi connectivity index (χ3v) is 4.09. The second kappa shape index (κ2) is 5.69. The lowest BCUT2D eigenvalue weighted by atomic mass is 10.3. The fraction of sp³-hybridized carbons (Fsp3) is 0.500. The van der Waals surface area contributed by atoms with Crippen molar-refractivity contribution in [2.75, 3.05) is 45.3 Å². The summed E-state index contributed by atoms with van der Waals surface area (Å²) in [5.41, 5.74) is 1.43. The Kier molecular flexibility index (Phi) is 3.91. The molecule has 1 saturated heterocycles. The van der Waals surface area contributed by atoms with Crippen molar-refractivity contribution in [2.24, 2.45) is 0 Å². The number of ether oxygens (including phenoxy) is 1. The molecule has 0 unspecified atom stereocenters. The predicted molar refractivity (Wildman–Crippen MR) is 81.2 cm³/mol. The Hall–Kier alpha value is -1.53. The van der Waals surface area contributed by atoms with Crippen LogP contribution in [-0.4, -0.2) is 54.9 Å². The molecule has 1 aliphatic heterocycles. The van der Waals surface area contributed by atoms with E-state index in [4.69, 9.17) is 16.3 Å². The van der Waals surface area contributed by atoms with Gasteiger partial charge in [-0.25, -0.2) is 14.1 Å². The molecule has 7 heteroatoms. The smallest absolute Gasteiger partial charge is 0.167 e. The molecule has 0 saturated carbocycles. The largest absolute Gasteiger partial charge is 0.494 e. The second-order valence-corrected chi connectivity index (χ2v) is 5.47. The lowest BCUT2D eigenvalue weighted by Crippen LogP contribution is -2.50. The van der Waals surface area contributed by atoms with Crippen LogP contribution in [0, 0.1) is 5.82 Å². The Labute approximate surface area is 127 Å². The van der Waals surface area contributed by atoms with Gasteiger partial charge in [0.15, 0.2) is 11.6 Å². The number of aromatic nitrogens is 2. The van der Waals surface area contributed by atoms with Gasteiger partial charge in [-0.3, -0.25) is 0 Å². The maximum absolute atomic E-state index is 13.8. The second-order valence-electron chi connectivity index (χ2n) is 5.21. The van der Waals surface area contributed by atoms with E-state index in [1.165, 1.54) is 13.2 Å². The molecule has 1 aromatic heterocycles. The number of methoxy groups -OCH3 is 1. The molecule has 1 fully saturated rings. The summed E-state index contributed by atoms with van der Waals surface area (Å²) < 4.78 is 20.9. The standard InChI is InChI=1S/C14H18ClFN4O/c1-18-3-5-19(6-4-18)20-12-8-13(21-2)10(16)7-11(12)17-14(20)9-15/h7-8H,3-6,9H2,1-2H3. The van der Waals surface area contributed by atoms with Gasteiger partial charge >= 0.3 is 0 Å². The summed E-state index contributed by atoms with van der Waals surface area (Å²) in [6.45, 7) is 3.70. The summed E-state index contributed by atoms with van der Waals surface area (Å²) in [4.78, 5) is 6.72. The van der Waals surface area contributed by atoms with Gasteiger partial charge in [-0.2, -0.15) is 0 Å². The van der Waals surface area contributed by atoms with E-state index >= 15 is 0 Å². The van der Waals surface area contributed by atoms with E-state index in [0.29, 0.717) is 5.52 Å². The highest BCUT2D eigenvalue weighted by Gasteiger charge is 2.21. The number of likely N-dealkylation sites (N-methyl/N-ethyl adjacent to an activating group) is 1. The quantitative estimate of drug-likeness (QED) is 0.809. The van der Waals surface area contributed by atoms with Crippen LogP contribution in [0.4, 0.5) is 4.39 Å². The number of rotatable bonds is 3. The van der Waals surface area contributed by atoms with Crippen LogP contribution in [0.5, 0.6) is 5.75 Å². The van der Waals surface area contributed by atoms with Crippen molar-refractivity contribution < 1.29 is 9.13 Å². The van der Waals surface area contributed by atoms with Crippen molar-refractivity contribution in [3.63, 3.8) is 0 Å². The minimum atomic E-state index is -0.408. The Balaban J connectivity index is 2.10. The lowest BCUT2D eigenvalue weighted by molar-refractivity contribution is 0.288. The predicted octanol–water partition coefficient (Wildman–Crippen LogP) is 1.81. The van der Waals surface area contributed by atoms with Crippen LogP contribution in [0.3, 0.4) is 0 Å². The van der Waals surface area contributed by atoms with Gasteiger partial charge in [0, 0.05) is 38.3 Å². The molecule has 0 bridgehead atoms. The maximum Gasteiger partial charge on any atom is 0.167 e. The SMILES string of the molecule is COc1cc2c(cc1F)nc(CCl)n2N1CCN(C)CC1. The van der Waals surface area contributed by atoms with Gasteiger partial charge in [0.25, 0.3) is 0 Å². The van der Waals surface area contributed by atoms with Crippen LogP contribution in [-0.2, 0) is 5.88 Å². The average molecular weight is 313 g/mol. The van der Waals surface area contributed by atoms with E-state index in [2.05, 4.69) is 21.9 Å². The number of fused-ring (bicyclic) bond motifs is 1. The molecule has 1 aliphatic rings. The summed E-state index contributed by atoms with van der Waals surface area (Å²) in [6.07, 6.45) is 0. The molecule has 0 atom stereocenters. The molecule has 0 amide bonds. The van der Waals surface area contributed by atoms with Crippen LogP contribution < -0.4 is 9.75 Å². The van der Waals surface area contributed by atoms with Gasteiger partial charge in [-0.05, 0) is 7.05 Å². The highest BCUT2D eigenvalue weighted by molar-refractivity contribution is 6.16. The summed E-state index contributed by atoms with van der Waals surface area (Å²) in [7, 11) is 3.56. The Bertz CT molecular complexity index is 652. The van der Waals surface area contributed by atoms with Crippen LogP contribution in [0.15, 0.2) is 12.1 Å². The Morgan fingerprint density at radius 1 is 1.29 bits per heavy atom. The third kappa shape index (κ3) is 2.53. The summed E-state index contributed by atoms with van der Waals surface area (Å²) in [5, 5.41) is 2.20. The number of hydrogen-bond acceptors (Lipinski definition) is 4. The average Bonchev–Trinajstić information content (AvgIpc) is 2.84. The molecule has 0 radical (unpaired) electrons. The van der Waals surface area contributed by atoms with E-state index in [-0.39, 0.29) is 11.6 Å². The van der Waals surface area contributed by atoms with Crippen molar-refractivity contribution in [1.82, 2.24) is 14.6 Å². The zero-order chi connectivity index (χ0) is 15.0. The first-order chi connectivity index (χ1) is 10.1. The first kappa shape index (κ1) is 14.4. The van der Waals surface area contributed by atoms with E-state index in [1.807, 2.05) is 4.68 Å². The minimum absolute atomic E-state index is 0.221. The summed E-state index contributed by atoms with van der Waals surface area (Å²) >= 11 is 6.02. The van der Waals surface area contributed by atoms with Crippen molar-refractivity contribution in [3.05, 3.63) is 23.8 Å². The Morgan fingerprint density at radius 2 is 2.00 bits per heavy atom. The molecule has 21 heavy (non-hydrogen) atoms. The van der Waals surface area contributed by atoms with E-state index in [9.17, 15) is 4.39 Å². The minimum Gasteiger partial charge on any atom is -0.494 e. The van der Waals surface area contributed by atoms with Crippen molar-refractivity contribution >= 4 is 22.6 Å². The third-order valence-electron chi connectivity index (χ3n) is 3.85. The van der Waals surface area contributed by atoms with E-state index < -0.39 is 5.82 Å². The van der Waals surface area contributed by atoms with Crippen LogP contribution in [0.2, 0.25) is 0 Å². The molecule has 1 aromatic carbocycles. The van der Waals surface area contributed by atoms with Crippen LogP contribution in [0.25, 0.3) is 11.0 Å². The van der Waals surface area contributed by atoms with Crippen molar-refractivity contribution in [1.29, 1.82) is 0 Å². The van der Waals surface area contributed by atoms with Gasteiger partial charge in [-0.15, -0.1) is 11.6 Å². The zero-order valence-electron chi connectivity index (χ0n) is 12.1. The number of piperazine rings is 1. The molecule has 2 heterocycles. The molecule has 0 N–H and O–H groups in total. The highest BCUT2D eigenvalue weighted by Crippen LogP contribution is 2.26. The zero-order valence-corrected chi connectivity index (χ0v) is 12.9. The van der Waals surface area contributed by atoms with Gasteiger partial charge in [0.2, 0.25) is 0 Å². The molecule has 0 spiro atoms. The normalized spacial score (nSPS) is 16.7. The van der Waals surface area contributed by atoms with E-state index in [0.717, 1.165) is 37.5 Å². The summed E-state index contributed by atoms with van der Waals surface area (Å²) in [6, 6.07) is 3.09. The molecule has 2 aromatic rings. The molecule has 0 aliphatic carbocycles. The van der Waals surface area contributed by atoms with Crippen molar-refractivity contribution in [3.8, 4) is 5.75 Å². The molecule has 114 valence electrons. The van der Waals surface area contributed by atoms with E-state index in [1.54, 1.807) is 6.07 Å². The monoisotopic (exact) mass is 312 g/mol. The number of halogens is 2. The first-order valence-electron chi connectivity index (χ1n) is 6.88. The number of imidazole rings is 1. The van der Waals surface area contributed by atoms with Gasteiger partial charge in [-0.1, -0.05) is 0 Å². The van der Waals surface area contributed by atoms with Gasteiger partial charge in [0.1, 0.15) is 5.82 Å². The molecule has 3 rings (SSSR count). The lowest BCUT2D eigenvalue weighted by Gasteiger charge is -2.35.